The van der Waals surface area contributed by atoms with Crippen molar-refractivity contribution in [3.63, 3.8) is 0 Å². The van der Waals surface area contributed by atoms with Gasteiger partial charge in [0.2, 0.25) is 5.79 Å². The van der Waals surface area contributed by atoms with Crippen molar-refractivity contribution in [3.05, 3.63) is 29.3 Å². The Labute approximate surface area is 224 Å². The van der Waals surface area contributed by atoms with Crippen LogP contribution in [0.15, 0.2) is 18.2 Å². The number of urea groups is 1. The Kier molecular flexibility index (Phi) is 11.4. The second-order valence-corrected chi connectivity index (χ2v) is 10.0. The van der Waals surface area contributed by atoms with E-state index in [9.17, 15) is 24.0 Å². The quantitative estimate of drug-likeness (QED) is 0.234. The summed E-state index contributed by atoms with van der Waals surface area (Å²) in [6.45, 7) is 9.03. The van der Waals surface area contributed by atoms with Crippen LogP contribution in [0.3, 0.4) is 0 Å². The number of likely N-dealkylation sites (N-methyl/N-ethyl adjacent to an activating group) is 2. The van der Waals surface area contributed by atoms with Gasteiger partial charge in [0.05, 0.1) is 17.2 Å². The summed E-state index contributed by atoms with van der Waals surface area (Å²) >= 11 is 0. The van der Waals surface area contributed by atoms with E-state index in [1.54, 1.807) is 24.8 Å². The van der Waals surface area contributed by atoms with Gasteiger partial charge in [0.15, 0.2) is 12.1 Å². The predicted molar refractivity (Wildman–Crippen MR) is 141 cm³/mol. The van der Waals surface area contributed by atoms with Crippen molar-refractivity contribution in [2.24, 2.45) is 0 Å². The monoisotopic (exact) mass is 532 g/mol. The molecule has 1 saturated heterocycles. The Morgan fingerprint density at radius 1 is 1.13 bits per heavy atom. The number of piperazine rings is 1. The lowest BCUT2D eigenvalue weighted by Crippen LogP contribution is -2.52. The number of amides is 3. The zero-order valence-electron chi connectivity index (χ0n) is 23.2. The molecule has 0 radical (unpaired) electrons. The number of hydrogen-bond donors (Lipinski definition) is 1. The highest BCUT2D eigenvalue weighted by Crippen LogP contribution is 2.27. The van der Waals surface area contributed by atoms with Crippen LogP contribution in [-0.2, 0) is 14.4 Å². The number of carbonyl (C=O) groups excluding carboxylic acids is 5. The number of nitrogens with one attached hydrogen (secondary N) is 1. The average Bonchev–Trinajstić information content (AvgIpc) is 2.87. The molecule has 0 saturated carbocycles. The van der Waals surface area contributed by atoms with Crippen LogP contribution in [0, 0.1) is 0 Å². The number of rotatable bonds is 13. The molecule has 1 aromatic rings. The van der Waals surface area contributed by atoms with Gasteiger partial charge in [-0.3, -0.25) is 19.2 Å². The van der Waals surface area contributed by atoms with E-state index in [2.05, 4.69) is 10.4 Å². The first kappa shape index (κ1) is 30.9. The van der Waals surface area contributed by atoms with Crippen molar-refractivity contribution in [3.8, 4) is 5.75 Å². The maximum Gasteiger partial charge on any atom is 0.341 e. The number of benzene rings is 1. The second-order valence-electron chi connectivity index (χ2n) is 10.0. The van der Waals surface area contributed by atoms with E-state index in [1.165, 1.54) is 31.0 Å². The number of nitrogens with zero attached hydrogens (tertiary/aromatic N) is 3. The molecule has 1 aromatic carbocycles. The van der Waals surface area contributed by atoms with Gasteiger partial charge in [-0.2, -0.15) is 0 Å². The fraction of sp³-hybridized carbons (Fsp3) is 0.593. The summed E-state index contributed by atoms with van der Waals surface area (Å²) < 4.78 is 5.89. The van der Waals surface area contributed by atoms with Crippen LogP contribution in [0.2, 0.25) is 0 Å². The zero-order chi connectivity index (χ0) is 28.5. The van der Waals surface area contributed by atoms with E-state index < -0.39 is 23.8 Å². The van der Waals surface area contributed by atoms with Crippen LogP contribution < -0.4 is 10.2 Å². The minimum Gasteiger partial charge on any atom is -0.460 e. The Morgan fingerprint density at radius 2 is 1.79 bits per heavy atom. The first-order chi connectivity index (χ1) is 17.9. The van der Waals surface area contributed by atoms with Crippen LogP contribution in [0.25, 0.3) is 0 Å². The first-order valence-electron chi connectivity index (χ1n) is 12.9. The molecule has 2 rings (SSSR count). The van der Waals surface area contributed by atoms with Crippen molar-refractivity contribution < 1.29 is 33.5 Å². The third-order valence-corrected chi connectivity index (χ3v) is 6.43. The summed E-state index contributed by atoms with van der Waals surface area (Å²) in [5.41, 5.74) is 2.42. The number of Topliss-reactive ketones (excluding diaryl/α,β-unsaturated/α-hetero) is 2. The minimum atomic E-state index is -1.38. The van der Waals surface area contributed by atoms with Crippen LogP contribution in [0.5, 0.6) is 5.75 Å². The van der Waals surface area contributed by atoms with E-state index in [-0.39, 0.29) is 41.3 Å². The normalized spacial score (nSPS) is 14.9. The van der Waals surface area contributed by atoms with Gasteiger partial charge in [0, 0.05) is 59.9 Å². The van der Waals surface area contributed by atoms with Crippen LogP contribution in [0.1, 0.15) is 74.1 Å². The number of hydroxylamine groups is 1. The highest BCUT2D eigenvalue weighted by Gasteiger charge is 2.30. The molecule has 1 heterocycles. The highest BCUT2D eigenvalue weighted by atomic mass is 16.8. The van der Waals surface area contributed by atoms with E-state index in [1.807, 2.05) is 14.0 Å². The van der Waals surface area contributed by atoms with Crippen molar-refractivity contribution in [2.75, 3.05) is 40.3 Å². The molecule has 11 nitrogen and oxygen atoms in total. The molecule has 1 aliphatic rings. The third kappa shape index (κ3) is 8.63. The number of hydrogen-bond acceptors (Lipinski definition) is 8. The van der Waals surface area contributed by atoms with Crippen molar-refractivity contribution >= 4 is 29.8 Å². The molecular formula is C27H40N4O7. The second kappa shape index (κ2) is 14.0. The van der Waals surface area contributed by atoms with Crippen LogP contribution >= 0.6 is 0 Å². The first-order valence-corrected chi connectivity index (χ1v) is 12.9. The molecule has 3 amide bonds. The van der Waals surface area contributed by atoms with E-state index in [0.29, 0.717) is 32.2 Å². The van der Waals surface area contributed by atoms with Gasteiger partial charge in [0.1, 0.15) is 11.5 Å². The average molecular weight is 533 g/mol. The molecule has 11 heteroatoms. The standard InChI is InChI=1S/C27H40N4O7/c1-7-9-20(34)12-13-23(19(2)33)30(6)25(35)21-10-8-11-24(22(21)18-32)37-27(3,4)38-28-26(36)31-16-14-29(5)15-17-31/h8,10-11,18,23H,7,9,12-17H2,1-6H3,(H,28,36). The predicted octanol–water partition coefficient (Wildman–Crippen LogP) is 2.68. The van der Waals surface area contributed by atoms with Gasteiger partial charge in [-0.1, -0.05) is 13.0 Å². The summed E-state index contributed by atoms with van der Waals surface area (Å²) in [4.78, 5) is 72.7. The summed E-state index contributed by atoms with van der Waals surface area (Å²) in [5, 5.41) is 0. The number of ketones is 2. The van der Waals surface area contributed by atoms with Gasteiger partial charge in [-0.25, -0.2) is 15.1 Å². The topological polar surface area (TPSA) is 126 Å². The van der Waals surface area contributed by atoms with Crippen LogP contribution in [0.4, 0.5) is 4.79 Å². The lowest BCUT2D eigenvalue weighted by Gasteiger charge is -2.33. The molecule has 1 N–H and O–H groups in total. The number of carbonyl (C=O) groups is 5. The third-order valence-electron chi connectivity index (χ3n) is 6.43. The molecule has 0 bridgehead atoms. The molecule has 0 spiro atoms. The Balaban J connectivity index is 2.13. The molecule has 0 aromatic heterocycles. The Bertz CT molecular complexity index is 1020. The maximum atomic E-state index is 13.3. The number of aldehydes is 1. The molecule has 1 aliphatic heterocycles. The van der Waals surface area contributed by atoms with E-state index in [4.69, 9.17) is 9.57 Å². The maximum absolute atomic E-state index is 13.3. The van der Waals surface area contributed by atoms with Crippen molar-refractivity contribution in [2.45, 2.75) is 65.2 Å². The SMILES string of the molecule is CCCC(=O)CCC(C(C)=O)N(C)C(=O)c1cccc(OC(C)(C)ONC(=O)N2CCN(C)CC2)c1C=O. The molecule has 38 heavy (non-hydrogen) atoms. The lowest BCUT2D eigenvalue weighted by molar-refractivity contribution is -0.187. The van der Waals surface area contributed by atoms with Gasteiger partial charge in [-0.05, 0) is 38.9 Å². The fourth-order valence-corrected chi connectivity index (χ4v) is 4.17. The van der Waals surface area contributed by atoms with Crippen LogP contribution in [-0.4, -0.2) is 96.6 Å². The molecule has 1 fully saturated rings. The molecular weight excluding hydrogens is 492 g/mol. The summed E-state index contributed by atoms with van der Waals surface area (Å²) in [7, 11) is 3.46. The van der Waals surface area contributed by atoms with Gasteiger partial charge in [-0.15, -0.1) is 0 Å². The summed E-state index contributed by atoms with van der Waals surface area (Å²) in [6.07, 6.45) is 2.03. The number of ether oxygens (including phenoxy) is 1. The fourth-order valence-electron chi connectivity index (χ4n) is 4.17. The van der Waals surface area contributed by atoms with Gasteiger partial charge < -0.3 is 19.4 Å². The van der Waals surface area contributed by atoms with Gasteiger partial charge in [0.25, 0.3) is 5.91 Å². The summed E-state index contributed by atoms with van der Waals surface area (Å²) in [5.74, 6) is -2.07. The molecule has 1 unspecified atom stereocenters. The smallest absolute Gasteiger partial charge is 0.341 e. The van der Waals surface area contributed by atoms with Crippen molar-refractivity contribution in [1.29, 1.82) is 0 Å². The summed E-state index contributed by atoms with van der Waals surface area (Å²) in [6, 6.07) is 3.33. The van der Waals surface area contributed by atoms with Gasteiger partial charge >= 0.3 is 6.03 Å². The highest BCUT2D eigenvalue weighted by molar-refractivity contribution is 6.04. The van der Waals surface area contributed by atoms with E-state index in [0.717, 1.165) is 13.1 Å². The molecule has 210 valence electrons. The largest absolute Gasteiger partial charge is 0.460 e. The minimum absolute atomic E-state index is 0.0178. The van der Waals surface area contributed by atoms with E-state index >= 15 is 0 Å². The molecule has 0 aliphatic carbocycles. The Morgan fingerprint density at radius 3 is 2.37 bits per heavy atom. The molecule has 1 atom stereocenters. The van der Waals surface area contributed by atoms with Crippen molar-refractivity contribution in [1.82, 2.24) is 20.2 Å². The zero-order valence-corrected chi connectivity index (χ0v) is 23.2. The Hall–Kier alpha value is -3.31. The lowest BCUT2D eigenvalue weighted by atomic mass is 10.00.